The van der Waals surface area contributed by atoms with Gasteiger partial charge < -0.3 is 9.64 Å². The third kappa shape index (κ3) is 5.53. The largest absolute Gasteiger partial charge is 0.458 e. The van der Waals surface area contributed by atoms with Gasteiger partial charge in [0.05, 0.1) is 0 Å². The number of para-hydroxylation sites is 3. The lowest BCUT2D eigenvalue weighted by atomic mass is 9.33. The molecule has 0 fully saturated rings. The van der Waals surface area contributed by atoms with E-state index in [1.54, 1.807) is 0 Å². The number of hydrogen-bond donors (Lipinski definition) is 0. The van der Waals surface area contributed by atoms with Crippen molar-refractivity contribution in [2.75, 3.05) is 4.90 Å². The first-order chi connectivity index (χ1) is 26.8. The predicted molar refractivity (Wildman–Crippen MR) is 238 cm³/mol. The van der Waals surface area contributed by atoms with E-state index in [4.69, 9.17) is 4.74 Å². The first-order valence-corrected chi connectivity index (χ1v) is 22.0. The van der Waals surface area contributed by atoms with E-state index < -0.39 is 8.07 Å². The van der Waals surface area contributed by atoms with Crippen molar-refractivity contribution in [1.82, 2.24) is 0 Å². The molecule has 0 aromatic heterocycles. The van der Waals surface area contributed by atoms with Crippen molar-refractivity contribution in [3.05, 3.63) is 180 Å². The maximum absolute atomic E-state index is 6.96. The molecule has 0 radical (unpaired) electrons. The van der Waals surface area contributed by atoms with E-state index in [2.05, 4.69) is 210 Å². The Hall–Kier alpha value is -5.58. The molecule has 0 atom stereocenters. The second-order valence-corrected chi connectivity index (χ2v) is 19.9. The summed E-state index contributed by atoms with van der Waals surface area (Å²) in [4.78, 5) is 2.57. The predicted octanol–water partition coefficient (Wildman–Crippen LogP) is 8.84. The van der Waals surface area contributed by atoms with Crippen LogP contribution >= 0.6 is 0 Å². The van der Waals surface area contributed by atoms with Crippen LogP contribution in [0.25, 0.3) is 0 Å². The number of rotatable bonds is 7. The number of nitrogens with zero attached hydrogens (tertiary/aromatic N) is 1. The molecule has 0 N–H and O–H groups in total. The van der Waals surface area contributed by atoms with Crippen molar-refractivity contribution in [2.24, 2.45) is 0 Å². The highest BCUT2D eigenvalue weighted by Crippen LogP contribution is 2.41. The SMILES string of the molecule is CC(C)c1cc(C(C)C)c(B2c3ccccc3Oc3cccc(N4c5ccccc5[Si](c5ccccc5)(c5ccccc5)c5ccccc54)c32)c(C(C)C)c1. The summed E-state index contributed by atoms with van der Waals surface area (Å²) in [7, 11) is -2.76. The van der Waals surface area contributed by atoms with Gasteiger partial charge in [-0.3, -0.25) is 0 Å². The molecular formula is C51H48BNOSi. The molecule has 0 aliphatic carbocycles. The van der Waals surface area contributed by atoms with E-state index in [-0.39, 0.29) is 6.71 Å². The van der Waals surface area contributed by atoms with Crippen LogP contribution in [0, 0.1) is 0 Å². The summed E-state index contributed by atoms with van der Waals surface area (Å²) in [5.74, 6) is 2.99. The minimum atomic E-state index is -2.76. The molecule has 9 rings (SSSR count). The van der Waals surface area contributed by atoms with Crippen LogP contribution in [0.4, 0.5) is 17.1 Å². The summed E-state index contributed by atoms with van der Waals surface area (Å²) in [6, 6.07) is 61.4. The van der Waals surface area contributed by atoms with Gasteiger partial charge in [-0.1, -0.05) is 180 Å². The van der Waals surface area contributed by atoms with Crippen LogP contribution in [-0.2, 0) is 0 Å². The van der Waals surface area contributed by atoms with Gasteiger partial charge >= 0.3 is 0 Å². The van der Waals surface area contributed by atoms with Gasteiger partial charge in [-0.05, 0) is 96.4 Å². The van der Waals surface area contributed by atoms with E-state index in [0.29, 0.717) is 17.8 Å². The molecule has 7 aromatic rings. The van der Waals surface area contributed by atoms with Gasteiger partial charge in [-0.15, -0.1) is 0 Å². The summed E-state index contributed by atoms with van der Waals surface area (Å²) in [6.45, 7) is 14.1. The fourth-order valence-corrected chi connectivity index (χ4v) is 14.6. The molecule has 2 aliphatic rings. The molecule has 55 heavy (non-hydrogen) atoms. The van der Waals surface area contributed by atoms with Gasteiger partial charge in [-0.25, -0.2) is 0 Å². The average Bonchev–Trinajstić information content (AvgIpc) is 3.22. The van der Waals surface area contributed by atoms with Crippen LogP contribution in [0.1, 0.15) is 76.0 Å². The van der Waals surface area contributed by atoms with Crippen molar-refractivity contribution in [3.8, 4) is 11.5 Å². The fourth-order valence-electron chi connectivity index (χ4n) is 9.51. The Morgan fingerprint density at radius 3 is 1.47 bits per heavy atom. The molecule has 0 bridgehead atoms. The van der Waals surface area contributed by atoms with Gasteiger partial charge in [0.25, 0.3) is 6.71 Å². The topological polar surface area (TPSA) is 12.5 Å². The maximum atomic E-state index is 6.96. The Balaban J connectivity index is 1.38. The van der Waals surface area contributed by atoms with Crippen LogP contribution < -0.4 is 46.8 Å². The second kappa shape index (κ2) is 13.9. The van der Waals surface area contributed by atoms with Crippen molar-refractivity contribution in [3.63, 3.8) is 0 Å². The molecule has 2 aliphatic heterocycles. The third-order valence-electron chi connectivity index (χ3n) is 12.0. The molecule has 0 amide bonds. The summed E-state index contributed by atoms with van der Waals surface area (Å²) in [5.41, 5.74) is 11.8. The van der Waals surface area contributed by atoms with Crippen molar-refractivity contribution in [1.29, 1.82) is 0 Å². The maximum Gasteiger partial charge on any atom is 0.254 e. The number of benzene rings is 7. The Bertz CT molecular complexity index is 2410. The fraction of sp³-hybridized carbons (Fsp3) is 0.176. The molecule has 270 valence electrons. The summed E-state index contributed by atoms with van der Waals surface area (Å²) in [5, 5.41) is 5.56. The van der Waals surface area contributed by atoms with Gasteiger partial charge in [0.2, 0.25) is 0 Å². The van der Waals surface area contributed by atoms with Crippen LogP contribution in [0.15, 0.2) is 164 Å². The van der Waals surface area contributed by atoms with E-state index in [0.717, 1.165) is 17.2 Å². The molecule has 0 unspecified atom stereocenters. The Morgan fingerprint density at radius 1 is 0.455 bits per heavy atom. The molecule has 0 saturated heterocycles. The lowest BCUT2D eigenvalue weighted by Gasteiger charge is -2.46. The molecule has 2 heterocycles. The number of anilines is 3. The van der Waals surface area contributed by atoms with Crippen molar-refractivity contribution >= 4 is 69.0 Å². The first-order valence-electron chi connectivity index (χ1n) is 20.0. The van der Waals surface area contributed by atoms with E-state index in [9.17, 15) is 0 Å². The van der Waals surface area contributed by atoms with E-state index in [1.165, 1.54) is 65.2 Å². The average molecular weight is 730 g/mol. The zero-order valence-electron chi connectivity index (χ0n) is 32.8. The van der Waals surface area contributed by atoms with Gasteiger partial charge in [-0.2, -0.15) is 0 Å². The highest BCUT2D eigenvalue weighted by Gasteiger charge is 2.49. The van der Waals surface area contributed by atoms with Crippen LogP contribution in [0.3, 0.4) is 0 Å². The van der Waals surface area contributed by atoms with Crippen molar-refractivity contribution < 1.29 is 4.74 Å². The summed E-state index contributed by atoms with van der Waals surface area (Å²) in [6.07, 6.45) is 0. The van der Waals surface area contributed by atoms with Gasteiger partial charge in [0.1, 0.15) is 11.5 Å². The van der Waals surface area contributed by atoms with Crippen molar-refractivity contribution in [2.45, 2.75) is 59.3 Å². The Labute approximate surface area is 328 Å². The zero-order valence-corrected chi connectivity index (χ0v) is 33.8. The standard InChI is InChI=1S/C51H48BNOSi/c1-34(2)37-32-40(35(3)4)50(41(33-37)36(5)6)52-42-24-13-16-28-46(42)54-47-29-19-27-45(51(47)52)53-43-25-14-17-30-48(43)55(38-20-9-7-10-21-38,39-22-11-8-12-23-39)49-31-18-15-26-44(49)53/h7-36H,1-6H3. The minimum absolute atomic E-state index is 0.0290. The Kier molecular flexibility index (Phi) is 8.90. The Morgan fingerprint density at radius 2 is 0.927 bits per heavy atom. The lowest BCUT2D eigenvalue weighted by Crippen LogP contribution is -2.77. The highest BCUT2D eigenvalue weighted by atomic mass is 28.3. The van der Waals surface area contributed by atoms with Crippen LogP contribution in [0.5, 0.6) is 11.5 Å². The number of fused-ring (bicyclic) bond motifs is 4. The molecule has 0 spiro atoms. The monoisotopic (exact) mass is 729 g/mol. The quantitative estimate of drug-likeness (QED) is 0.152. The third-order valence-corrected chi connectivity index (χ3v) is 16.9. The van der Waals surface area contributed by atoms with Gasteiger partial charge in [0.15, 0.2) is 8.07 Å². The number of ether oxygens (including phenoxy) is 1. The normalized spacial score (nSPS) is 14.0. The molecule has 0 saturated carbocycles. The lowest BCUT2D eigenvalue weighted by molar-refractivity contribution is 0.487. The van der Waals surface area contributed by atoms with Crippen LogP contribution in [0.2, 0.25) is 0 Å². The highest BCUT2D eigenvalue weighted by molar-refractivity contribution is 7.21. The second-order valence-electron chi connectivity index (χ2n) is 16.2. The molecule has 2 nitrogen and oxygen atoms in total. The smallest absolute Gasteiger partial charge is 0.254 e. The van der Waals surface area contributed by atoms with E-state index >= 15 is 0 Å². The summed E-state index contributed by atoms with van der Waals surface area (Å²) < 4.78 is 6.96. The van der Waals surface area contributed by atoms with Gasteiger partial charge in [0, 0.05) is 17.1 Å². The molecule has 7 aromatic carbocycles. The van der Waals surface area contributed by atoms with Crippen LogP contribution in [-0.4, -0.2) is 14.8 Å². The molecule has 4 heteroatoms. The summed E-state index contributed by atoms with van der Waals surface area (Å²) >= 11 is 0. The number of hydrogen-bond acceptors (Lipinski definition) is 2. The van der Waals surface area contributed by atoms with E-state index in [1.807, 2.05) is 0 Å². The first kappa shape index (κ1) is 35.1. The zero-order chi connectivity index (χ0) is 37.8. The molecular weight excluding hydrogens is 681 g/mol. The minimum Gasteiger partial charge on any atom is -0.458 e.